The first-order valence-electron chi connectivity index (χ1n) is 11.3. The molecule has 2 aromatic heterocycles. The first-order valence-corrected chi connectivity index (χ1v) is 11.3. The molecule has 1 aliphatic rings. The fourth-order valence-electron chi connectivity index (χ4n) is 4.14. The van der Waals surface area contributed by atoms with Crippen molar-refractivity contribution >= 4 is 34.1 Å². The van der Waals surface area contributed by atoms with E-state index in [0.29, 0.717) is 30.3 Å². The molecule has 1 aliphatic carbocycles. The van der Waals surface area contributed by atoms with E-state index >= 15 is 0 Å². The predicted octanol–water partition coefficient (Wildman–Crippen LogP) is 3.24. The molecular formula is C25H25N7O2. The molecule has 2 heterocycles. The van der Waals surface area contributed by atoms with Crippen LogP contribution in [0.25, 0.3) is 10.8 Å². The van der Waals surface area contributed by atoms with Crippen LogP contribution in [0.15, 0.2) is 60.9 Å². The van der Waals surface area contributed by atoms with E-state index in [0.717, 1.165) is 29.2 Å². The van der Waals surface area contributed by atoms with Gasteiger partial charge in [-0.15, -0.1) is 5.10 Å². The first-order chi connectivity index (χ1) is 16.6. The molecule has 9 heteroatoms. The summed E-state index contributed by atoms with van der Waals surface area (Å²) in [6.07, 6.45) is 6.86. The van der Waals surface area contributed by atoms with Crippen molar-refractivity contribution in [2.24, 2.45) is 5.92 Å². The van der Waals surface area contributed by atoms with Gasteiger partial charge < -0.3 is 16.4 Å². The van der Waals surface area contributed by atoms with Gasteiger partial charge in [0.15, 0.2) is 5.69 Å². The topological polar surface area (TPSA) is 128 Å². The van der Waals surface area contributed by atoms with Gasteiger partial charge in [0.2, 0.25) is 0 Å². The number of hydrogen-bond acceptors (Lipinski definition) is 6. The van der Waals surface area contributed by atoms with Gasteiger partial charge in [0, 0.05) is 18.3 Å². The lowest BCUT2D eigenvalue weighted by atomic mass is 9.85. The molecule has 172 valence electrons. The maximum absolute atomic E-state index is 13.3. The van der Waals surface area contributed by atoms with Crippen LogP contribution in [-0.2, 0) is 6.54 Å². The average molecular weight is 456 g/mol. The Morgan fingerprint density at radius 3 is 2.59 bits per heavy atom. The van der Waals surface area contributed by atoms with Crippen LogP contribution in [0.4, 0.5) is 11.5 Å². The maximum Gasteiger partial charge on any atom is 0.272 e. The summed E-state index contributed by atoms with van der Waals surface area (Å²) in [6.45, 7) is 1.14. The van der Waals surface area contributed by atoms with E-state index in [1.807, 2.05) is 30.3 Å². The quantitative estimate of drug-likeness (QED) is 0.393. The van der Waals surface area contributed by atoms with Gasteiger partial charge in [0.25, 0.3) is 11.8 Å². The molecular weight excluding hydrogens is 430 g/mol. The van der Waals surface area contributed by atoms with Crippen LogP contribution in [0.5, 0.6) is 0 Å². The van der Waals surface area contributed by atoms with E-state index in [9.17, 15) is 9.59 Å². The second-order valence-electron chi connectivity index (χ2n) is 8.51. The molecule has 2 amide bonds. The van der Waals surface area contributed by atoms with Crippen LogP contribution in [0.1, 0.15) is 45.7 Å². The number of anilines is 2. The summed E-state index contributed by atoms with van der Waals surface area (Å²) in [4.78, 5) is 30.3. The second-order valence-corrected chi connectivity index (χ2v) is 8.51. The number of carbonyl (C=O) groups is 2. The zero-order valence-corrected chi connectivity index (χ0v) is 18.6. The summed E-state index contributed by atoms with van der Waals surface area (Å²) >= 11 is 0. The van der Waals surface area contributed by atoms with E-state index in [2.05, 4.69) is 25.9 Å². The summed E-state index contributed by atoms with van der Waals surface area (Å²) in [6, 6.07) is 14.6. The Bertz CT molecular complexity index is 1350. The third kappa shape index (κ3) is 4.45. The van der Waals surface area contributed by atoms with Crippen molar-refractivity contribution in [2.75, 3.05) is 17.6 Å². The Kier molecular flexibility index (Phi) is 5.90. The normalized spacial score (nSPS) is 13.4. The molecule has 2 aromatic carbocycles. The van der Waals surface area contributed by atoms with E-state index in [4.69, 9.17) is 5.73 Å². The molecule has 9 nitrogen and oxygen atoms in total. The highest BCUT2D eigenvalue weighted by Crippen LogP contribution is 2.27. The highest BCUT2D eigenvalue weighted by Gasteiger charge is 2.22. The summed E-state index contributed by atoms with van der Waals surface area (Å²) in [5.74, 6) is 0.0471. The van der Waals surface area contributed by atoms with Gasteiger partial charge in [-0.05, 0) is 53.3 Å². The number of carbonyl (C=O) groups excluding carboxylic acids is 2. The van der Waals surface area contributed by atoms with Crippen molar-refractivity contribution in [3.63, 3.8) is 0 Å². The number of aromatic nitrogens is 4. The smallest absolute Gasteiger partial charge is 0.272 e. The maximum atomic E-state index is 13.3. The van der Waals surface area contributed by atoms with Crippen LogP contribution in [0.2, 0.25) is 0 Å². The number of benzene rings is 2. The van der Waals surface area contributed by atoms with Crippen LogP contribution in [-0.4, -0.2) is 38.3 Å². The molecule has 0 spiro atoms. The molecule has 4 aromatic rings. The van der Waals surface area contributed by atoms with Crippen molar-refractivity contribution in [3.05, 3.63) is 77.7 Å². The lowest BCUT2D eigenvalue weighted by molar-refractivity contribution is 0.0935. The van der Waals surface area contributed by atoms with E-state index in [-0.39, 0.29) is 23.3 Å². The van der Waals surface area contributed by atoms with Crippen LogP contribution >= 0.6 is 0 Å². The molecule has 0 bridgehead atoms. The number of rotatable bonds is 7. The van der Waals surface area contributed by atoms with Crippen molar-refractivity contribution in [2.45, 2.75) is 25.8 Å². The molecule has 5 rings (SSSR count). The second kappa shape index (κ2) is 9.30. The minimum Gasteiger partial charge on any atom is -0.384 e. The van der Waals surface area contributed by atoms with Crippen molar-refractivity contribution < 1.29 is 9.59 Å². The molecule has 1 saturated carbocycles. The Morgan fingerprint density at radius 2 is 1.85 bits per heavy atom. The number of nitrogens with zero attached hydrogens (tertiary/aromatic N) is 4. The van der Waals surface area contributed by atoms with Crippen LogP contribution in [0, 0.1) is 5.92 Å². The summed E-state index contributed by atoms with van der Waals surface area (Å²) in [5.41, 5.74) is 7.78. The van der Waals surface area contributed by atoms with Crippen LogP contribution < -0.4 is 16.4 Å². The summed E-state index contributed by atoms with van der Waals surface area (Å²) in [5, 5.41) is 15.4. The van der Waals surface area contributed by atoms with E-state index in [1.165, 1.54) is 6.42 Å². The molecule has 4 N–H and O–H groups in total. The number of fused-ring (bicyclic) bond motifs is 1. The fraction of sp³-hybridized carbons (Fsp3) is 0.240. The lowest BCUT2D eigenvalue weighted by Crippen LogP contribution is -2.33. The minimum atomic E-state index is -0.345. The SMILES string of the molecule is Nc1ccc(NC(=O)c2ccc(Cn3ccnn3)c3ccccc23)c(C(=O)NCC2CCC2)n1. The van der Waals surface area contributed by atoms with Gasteiger partial charge >= 0.3 is 0 Å². The Morgan fingerprint density at radius 1 is 1.03 bits per heavy atom. The van der Waals surface area contributed by atoms with Gasteiger partial charge in [-0.25, -0.2) is 9.67 Å². The summed E-state index contributed by atoms with van der Waals surface area (Å²) < 4.78 is 1.73. The van der Waals surface area contributed by atoms with Crippen molar-refractivity contribution in [1.82, 2.24) is 25.3 Å². The lowest BCUT2D eigenvalue weighted by Gasteiger charge is -2.25. The number of pyridine rings is 1. The third-order valence-electron chi connectivity index (χ3n) is 6.22. The minimum absolute atomic E-state index is 0.111. The standard InChI is InChI=1S/C25H25N7O2/c26-22-11-10-21(23(30-22)25(34)27-14-16-4-3-5-16)29-24(33)20-9-8-17(15-32-13-12-28-31-32)18-6-1-2-7-19(18)20/h1-2,6-13,16H,3-5,14-15H2,(H2,26,30)(H,27,34)(H,29,33). The number of nitrogens with one attached hydrogen (secondary N) is 2. The summed E-state index contributed by atoms with van der Waals surface area (Å²) in [7, 11) is 0. The monoisotopic (exact) mass is 455 g/mol. The van der Waals surface area contributed by atoms with Gasteiger partial charge in [-0.3, -0.25) is 9.59 Å². The molecule has 34 heavy (non-hydrogen) atoms. The Labute approximate surface area is 196 Å². The average Bonchev–Trinajstić information content (AvgIpc) is 3.32. The highest BCUT2D eigenvalue weighted by atomic mass is 16.2. The Balaban J connectivity index is 1.41. The zero-order chi connectivity index (χ0) is 23.5. The van der Waals surface area contributed by atoms with E-state index in [1.54, 1.807) is 35.3 Å². The zero-order valence-electron chi connectivity index (χ0n) is 18.6. The molecule has 0 radical (unpaired) electrons. The Hall–Kier alpha value is -4.27. The number of amides is 2. The van der Waals surface area contributed by atoms with E-state index < -0.39 is 0 Å². The van der Waals surface area contributed by atoms with Gasteiger partial charge in [-0.1, -0.05) is 42.0 Å². The van der Waals surface area contributed by atoms with Gasteiger partial charge in [0.05, 0.1) is 18.4 Å². The highest BCUT2D eigenvalue weighted by molar-refractivity contribution is 6.15. The fourth-order valence-corrected chi connectivity index (χ4v) is 4.14. The third-order valence-corrected chi connectivity index (χ3v) is 6.22. The molecule has 0 aliphatic heterocycles. The number of nitrogen functional groups attached to an aromatic ring is 1. The predicted molar refractivity (Wildman–Crippen MR) is 129 cm³/mol. The van der Waals surface area contributed by atoms with Gasteiger partial charge in [-0.2, -0.15) is 0 Å². The first kappa shape index (κ1) is 21.6. The number of nitrogens with two attached hydrogens (primary N) is 1. The van der Waals surface area contributed by atoms with Crippen LogP contribution in [0.3, 0.4) is 0 Å². The molecule has 1 fully saturated rings. The largest absolute Gasteiger partial charge is 0.384 e. The van der Waals surface area contributed by atoms with Gasteiger partial charge in [0.1, 0.15) is 5.82 Å². The molecule has 0 atom stereocenters. The molecule has 0 unspecified atom stereocenters. The number of hydrogen-bond donors (Lipinski definition) is 3. The molecule has 0 saturated heterocycles. The van der Waals surface area contributed by atoms with Crippen molar-refractivity contribution in [3.8, 4) is 0 Å². The van der Waals surface area contributed by atoms with Crippen molar-refractivity contribution in [1.29, 1.82) is 0 Å².